The standard InChI is InChI=1S/C11H16F3N5O/c12-11(13,14)9-17-16-8-5-18(2-3-19(8)9)10(6-15)1-4-20-7-10/h1-7,15H2. The largest absolute Gasteiger partial charge is 0.451 e. The van der Waals surface area contributed by atoms with Crippen LogP contribution in [-0.4, -0.2) is 51.5 Å². The summed E-state index contributed by atoms with van der Waals surface area (Å²) in [6.07, 6.45) is -3.67. The van der Waals surface area contributed by atoms with E-state index in [1.54, 1.807) is 0 Å². The fraction of sp³-hybridized carbons (Fsp3) is 0.818. The zero-order valence-electron chi connectivity index (χ0n) is 10.9. The lowest BCUT2D eigenvalue weighted by molar-refractivity contribution is -0.148. The molecule has 6 nitrogen and oxygen atoms in total. The molecule has 0 spiro atoms. The number of nitrogens with two attached hydrogens (primary N) is 1. The third kappa shape index (κ3) is 2.09. The van der Waals surface area contributed by atoms with Crippen LogP contribution in [0.5, 0.6) is 0 Å². The molecule has 1 aromatic rings. The van der Waals surface area contributed by atoms with Crippen LogP contribution < -0.4 is 5.73 Å². The Morgan fingerprint density at radius 2 is 2.10 bits per heavy atom. The lowest BCUT2D eigenvalue weighted by Crippen LogP contribution is -2.56. The highest BCUT2D eigenvalue weighted by molar-refractivity contribution is 5.06. The maximum absolute atomic E-state index is 12.8. The second-order valence-corrected chi connectivity index (χ2v) is 5.24. The molecule has 1 atom stereocenters. The average Bonchev–Trinajstić information content (AvgIpc) is 3.04. The van der Waals surface area contributed by atoms with Gasteiger partial charge in [-0.15, -0.1) is 10.2 Å². The van der Waals surface area contributed by atoms with Gasteiger partial charge in [0.05, 0.1) is 18.7 Å². The maximum atomic E-state index is 12.8. The first-order chi connectivity index (χ1) is 9.46. The molecule has 1 fully saturated rings. The summed E-state index contributed by atoms with van der Waals surface area (Å²) < 4.78 is 44.9. The minimum Gasteiger partial charge on any atom is -0.379 e. The van der Waals surface area contributed by atoms with Gasteiger partial charge in [-0.3, -0.25) is 4.90 Å². The van der Waals surface area contributed by atoms with Crippen molar-refractivity contribution in [2.24, 2.45) is 5.73 Å². The number of alkyl halides is 3. The molecule has 0 aliphatic carbocycles. The van der Waals surface area contributed by atoms with E-state index in [4.69, 9.17) is 10.5 Å². The molecule has 0 radical (unpaired) electrons. The van der Waals surface area contributed by atoms with Crippen molar-refractivity contribution >= 4 is 0 Å². The van der Waals surface area contributed by atoms with Crippen LogP contribution in [0.15, 0.2) is 0 Å². The molecule has 9 heteroatoms. The van der Waals surface area contributed by atoms with Crippen molar-refractivity contribution < 1.29 is 17.9 Å². The maximum Gasteiger partial charge on any atom is 0.451 e. The third-order valence-electron chi connectivity index (χ3n) is 4.14. The molecule has 0 saturated carbocycles. The van der Waals surface area contributed by atoms with Crippen LogP contribution >= 0.6 is 0 Å². The Balaban J connectivity index is 1.85. The number of ether oxygens (including phenoxy) is 1. The summed E-state index contributed by atoms with van der Waals surface area (Å²) in [6.45, 7) is 2.61. The molecule has 1 aromatic heterocycles. The van der Waals surface area contributed by atoms with E-state index in [9.17, 15) is 13.2 Å². The van der Waals surface area contributed by atoms with Gasteiger partial charge in [0, 0.05) is 26.2 Å². The summed E-state index contributed by atoms with van der Waals surface area (Å²) in [6, 6.07) is 0. The van der Waals surface area contributed by atoms with Crippen LogP contribution in [-0.2, 0) is 24.0 Å². The van der Waals surface area contributed by atoms with Crippen LogP contribution in [0.4, 0.5) is 13.2 Å². The monoisotopic (exact) mass is 291 g/mol. The molecule has 2 aliphatic rings. The number of hydrogen-bond acceptors (Lipinski definition) is 5. The van der Waals surface area contributed by atoms with Gasteiger partial charge in [0.2, 0.25) is 5.82 Å². The van der Waals surface area contributed by atoms with Crippen molar-refractivity contribution in [3.8, 4) is 0 Å². The molecule has 0 aromatic carbocycles. The highest BCUT2D eigenvalue weighted by Crippen LogP contribution is 2.32. The van der Waals surface area contributed by atoms with E-state index in [2.05, 4.69) is 15.1 Å². The summed E-state index contributed by atoms with van der Waals surface area (Å²) in [5.41, 5.74) is 5.57. The first-order valence-corrected chi connectivity index (χ1v) is 6.48. The van der Waals surface area contributed by atoms with E-state index in [0.717, 1.165) is 11.0 Å². The highest BCUT2D eigenvalue weighted by Gasteiger charge is 2.44. The molecule has 0 amide bonds. The first-order valence-electron chi connectivity index (χ1n) is 6.48. The van der Waals surface area contributed by atoms with Gasteiger partial charge in [-0.2, -0.15) is 13.2 Å². The van der Waals surface area contributed by atoms with Crippen LogP contribution in [0.3, 0.4) is 0 Å². The van der Waals surface area contributed by atoms with E-state index in [1.807, 2.05) is 0 Å². The van der Waals surface area contributed by atoms with Crippen LogP contribution in [0.1, 0.15) is 18.1 Å². The van der Waals surface area contributed by atoms with Gasteiger partial charge in [0.25, 0.3) is 0 Å². The van der Waals surface area contributed by atoms with Gasteiger partial charge < -0.3 is 15.0 Å². The first kappa shape index (κ1) is 13.8. The van der Waals surface area contributed by atoms with Crippen molar-refractivity contribution in [3.05, 3.63) is 11.6 Å². The second kappa shape index (κ2) is 4.68. The zero-order chi connectivity index (χ0) is 14.4. The Morgan fingerprint density at radius 3 is 2.70 bits per heavy atom. The topological polar surface area (TPSA) is 69.2 Å². The quantitative estimate of drug-likeness (QED) is 0.845. The van der Waals surface area contributed by atoms with Gasteiger partial charge in [-0.1, -0.05) is 0 Å². The summed E-state index contributed by atoms with van der Waals surface area (Å²) in [4.78, 5) is 2.07. The molecular formula is C11H16F3N5O. The number of halogens is 3. The summed E-state index contributed by atoms with van der Waals surface area (Å²) in [5.74, 6) is -0.583. The number of rotatable bonds is 2. The number of nitrogens with zero attached hydrogens (tertiary/aromatic N) is 4. The zero-order valence-corrected chi connectivity index (χ0v) is 10.9. The van der Waals surface area contributed by atoms with E-state index < -0.39 is 12.0 Å². The molecule has 112 valence electrons. The highest BCUT2D eigenvalue weighted by atomic mass is 19.4. The molecule has 2 aliphatic heterocycles. The summed E-state index contributed by atoms with van der Waals surface area (Å²) >= 11 is 0. The van der Waals surface area contributed by atoms with Crippen molar-refractivity contribution in [3.63, 3.8) is 0 Å². The Morgan fingerprint density at radius 1 is 1.30 bits per heavy atom. The van der Waals surface area contributed by atoms with Gasteiger partial charge >= 0.3 is 6.18 Å². The van der Waals surface area contributed by atoms with Crippen LogP contribution in [0.2, 0.25) is 0 Å². The Hall–Kier alpha value is -1.19. The van der Waals surface area contributed by atoms with E-state index in [0.29, 0.717) is 38.7 Å². The molecule has 0 bridgehead atoms. The minimum absolute atomic E-state index is 0.221. The predicted octanol–water partition coefficient (Wildman–Crippen LogP) is 0.230. The summed E-state index contributed by atoms with van der Waals surface area (Å²) in [7, 11) is 0. The van der Waals surface area contributed by atoms with Crippen LogP contribution in [0.25, 0.3) is 0 Å². The van der Waals surface area contributed by atoms with Crippen molar-refractivity contribution in [2.45, 2.75) is 31.2 Å². The van der Waals surface area contributed by atoms with E-state index >= 15 is 0 Å². The minimum atomic E-state index is -4.46. The van der Waals surface area contributed by atoms with Gasteiger partial charge in [-0.05, 0) is 6.42 Å². The third-order valence-corrected chi connectivity index (χ3v) is 4.14. The molecular weight excluding hydrogens is 275 g/mol. The normalized spacial score (nSPS) is 27.8. The number of hydrogen-bond donors (Lipinski definition) is 1. The molecule has 1 unspecified atom stereocenters. The average molecular weight is 291 g/mol. The Labute approximate surface area is 113 Å². The smallest absolute Gasteiger partial charge is 0.379 e. The molecule has 2 N–H and O–H groups in total. The Bertz CT molecular complexity index is 495. The number of aromatic nitrogens is 3. The lowest BCUT2D eigenvalue weighted by atomic mass is 9.95. The van der Waals surface area contributed by atoms with E-state index in [-0.39, 0.29) is 12.1 Å². The molecule has 3 heterocycles. The Kier molecular flexibility index (Phi) is 3.22. The fourth-order valence-electron chi connectivity index (χ4n) is 2.91. The van der Waals surface area contributed by atoms with Gasteiger partial charge in [-0.25, -0.2) is 0 Å². The van der Waals surface area contributed by atoms with Crippen molar-refractivity contribution in [1.82, 2.24) is 19.7 Å². The lowest BCUT2D eigenvalue weighted by Gasteiger charge is -2.41. The second-order valence-electron chi connectivity index (χ2n) is 5.24. The fourth-order valence-corrected chi connectivity index (χ4v) is 2.91. The summed E-state index contributed by atoms with van der Waals surface area (Å²) in [5, 5.41) is 6.96. The van der Waals surface area contributed by atoms with Crippen molar-refractivity contribution in [1.29, 1.82) is 0 Å². The van der Waals surface area contributed by atoms with E-state index in [1.165, 1.54) is 0 Å². The SMILES string of the molecule is NCC1(N2CCn3c(nnc3C(F)(F)F)C2)CCOC1. The van der Waals surface area contributed by atoms with Gasteiger partial charge in [0.1, 0.15) is 5.82 Å². The van der Waals surface area contributed by atoms with Crippen molar-refractivity contribution in [2.75, 3.05) is 26.3 Å². The molecule has 3 rings (SSSR count). The van der Waals surface area contributed by atoms with Crippen LogP contribution in [0, 0.1) is 0 Å². The van der Waals surface area contributed by atoms with Gasteiger partial charge in [0.15, 0.2) is 0 Å². The molecule has 1 saturated heterocycles. The molecule has 20 heavy (non-hydrogen) atoms. The number of fused-ring (bicyclic) bond motifs is 1. The predicted molar refractivity (Wildman–Crippen MR) is 62.7 cm³/mol.